The Hall–Kier alpha value is 0.310. The van der Waals surface area contributed by atoms with Crippen LogP contribution < -0.4 is 5.32 Å². The molecule has 1 N–H and O–H groups in total. The fourth-order valence-corrected chi connectivity index (χ4v) is 1.88. The largest absolute Gasteiger partial charge is 0.316 e. The molecule has 0 bridgehead atoms. The second-order valence-electron chi connectivity index (χ2n) is 2.56. The monoisotopic (exact) mass is 145 g/mol. The van der Waals surface area contributed by atoms with Gasteiger partial charge >= 0.3 is 0 Å². The van der Waals surface area contributed by atoms with Crippen molar-refractivity contribution >= 4 is 11.8 Å². The van der Waals surface area contributed by atoms with Gasteiger partial charge in [-0.15, -0.1) is 0 Å². The van der Waals surface area contributed by atoms with E-state index >= 15 is 0 Å². The van der Waals surface area contributed by atoms with Crippen molar-refractivity contribution < 1.29 is 0 Å². The summed E-state index contributed by atoms with van der Waals surface area (Å²) in [6, 6.07) is 0. The molecule has 0 aliphatic carbocycles. The molecule has 1 atom stereocenters. The van der Waals surface area contributed by atoms with E-state index in [1.165, 1.54) is 32.4 Å². The van der Waals surface area contributed by atoms with Gasteiger partial charge in [0.2, 0.25) is 0 Å². The highest BCUT2D eigenvalue weighted by atomic mass is 32.2. The van der Waals surface area contributed by atoms with Crippen LogP contribution in [-0.2, 0) is 0 Å². The Morgan fingerprint density at radius 3 is 3.11 bits per heavy atom. The van der Waals surface area contributed by atoms with Crippen molar-refractivity contribution in [1.29, 1.82) is 0 Å². The van der Waals surface area contributed by atoms with Crippen molar-refractivity contribution in [2.75, 3.05) is 19.3 Å². The summed E-state index contributed by atoms with van der Waals surface area (Å²) in [5.41, 5.74) is 0. The third-order valence-electron chi connectivity index (χ3n) is 1.83. The number of hydrogen-bond acceptors (Lipinski definition) is 2. The topological polar surface area (TPSA) is 12.0 Å². The molecule has 1 saturated heterocycles. The molecule has 0 radical (unpaired) electrons. The highest BCUT2D eigenvalue weighted by Crippen LogP contribution is 2.15. The van der Waals surface area contributed by atoms with Crippen LogP contribution in [0.1, 0.15) is 19.3 Å². The molecule has 1 heterocycles. The highest BCUT2D eigenvalue weighted by Gasteiger charge is 2.08. The molecule has 2 heteroatoms. The molecule has 1 nitrogen and oxygen atoms in total. The van der Waals surface area contributed by atoms with Gasteiger partial charge in [-0.25, -0.2) is 0 Å². The zero-order valence-corrected chi connectivity index (χ0v) is 6.84. The zero-order valence-electron chi connectivity index (χ0n) is 6.02. The van der Waals surface area contributed by atoms with Crippen LogP contribution in [0.5, 0.6) is 0 Å². The maximum absolute atomic E-state index is 3.43. The lowest BCUT2D eigenvalue weighted by molar-refractivity contribution is 0.706. The average molecular weight is 145 g/mol. The summed E-state index contributed by atoms with van der Waals surface area (Å²) in [5.74, 6) is 0. The minimum absolute atomic E-state index is 0.882. The van der Waals surface area contributed by atoms with Crippen LogP contribution >= 0.6 is 11.8 Å². The van der Waals surface area contributed by atoms with E-state index in [1.54, 1.807) is 0 Å². The standard InChI is InChI=1S/C7H15NS/c1-9-7-4-2-3-5-8-6-7/h7-8H,2-6H2,1H3/t7-/m1/s1. The summed E-state index contributed by atoms with van der Waals surface area (Å²) in [6.45, 7) is 2.46. The quantitative estimate of drug-likeness (QED) is 0.600. The van der Waals surface area contributed by atoms with E-state index in [4.69, 9.17) is 0 Å². The first-order valence-corrected chi connectivity index (χ1v) is 4.96. The van der Waals surface area contributed by atoms with Crippen LogP contribution in [0.2, 0.25) is 0 Å². The predicted molar refractivity (Wildman–Crippen MR) is 44.0 cm³/mol. The normalized spacial score (nSPS) is 29.7. The van der Waals surface area contributed by atoms with Crippen molar-refractivity contribution in [2.45, 2.75) is 24.5 Å². The Morgan fingerprint density at radius 1 is 1.44 bits per heavy atom. The smallest absolute Gasteiger partial charge is 0.0169 e. The molecular formula is C7H15NS. The third-order valence-corrected chi connectivity index (χ3v) is 2.90. The van der Waals surface area contributed by atoms with Gasteiger partial charge in [-0.1, -0.05) is 6.42 Å². The Bertz CT molecular complexity index is 67.3. The lowest BCUT2D eigenvalue weighted by atomic mass is 10.2. The molecule has 0 amide bonds. The zero-order chi connectivity index (χ0) is 6.53. The van der Waals surface area contributed by atoms with Gasteiger partial charge in [-0.05, 0) is 25.6 Å². The van der Waals surface area contributed by atoms with Gasteiger partial charge in [0, 0.05) is 11.8 Å². The lowest BCUT2D eigenvalue weighted by Crippen LogP contribution is -2.21. The van der Waals surface area contributed by atoms with Gasteiger partial charge in [0.1, 0.15) is 0 Å². The van der Waals surface area contributed by atoms with Crippen LogP contribution in [0.25, 0.3) is 0 Å². The van der Waals surface area contributed by atoms with Gasteiger partial charge in [0.15, 0.2) is 0 Å². The van der Waals surface area contributed by atoms with Gasteiger partial charge in [0.05, 0.1) is 0 Å². The summed E-state index contributed by atoms with van der Waals surface area (Å²) >= 11 is 2.00. The number of nitrogens with one attached hydrogen (secondary N) is 1. The maximum atomic E-state index is 3.43. The molecule has 1 rings (SSSR count). The molecule has 1 aliphatic rings. The minimum Gasteiger partial charge on any atom is -0.316 e. The molecule has 0 aromatic rings. The molecule has 1 aliphatic heterocycles. The van der Waals surface area contributed by atoms with Crippen LogP contribution in [0.4, 0.5) is 0 Å². The Balaban J connectivity index is 2.18. The Morgan fingerprint density at radius 2 is 2.33 bits per heavy atom. The molecular weight excluding hydrogens is 130 g/mol. The second kappa shape index (κ2) is 4.18. The second-order valence-corrected chi connectivity index (χ2v) is 3.70. The summed E-state index contributed by atoms with van der Waals surface area (Å²) in [7, 11) is 0. The summed E-state index contributed by atoms with van der Waals surface area (Å²) in [4.78, 5) is 0. The van der Waals surface area contributed by atoms with Gasteiger partial charge in [-0.2, -0.15) is 11.8 Å². The average Bonchev–Trinajstić information content (AvgIpc) is 2.13. The number of rotatable bonds is 1. The fraction of sp³-hybridized carbons (Fsp3) is 1.00. The first-order chi connectivity index (χ1) is 4.43. The van der Waals surface area contributed by atoms with E-state index < -0.39 is 0 Å². The van der Waals surface area contributed by atoms with E-state index in [9.17, 15) is 0 Å². The Labute approximate surface area is 61.6 Å². The molecule has 9 heavy (non-hydrogen) atoms. The van der Waals surface area contributed by atoms with E-state index in [2.05, 4.69) is 11.6 Å². The van der Waals surface area contributed by atoms with Crippen molar-refractivity contribution in [1.82, 2.24) is 5.32 Å². The van der Waals surface area contributed by atoms with Crippen molar-refractivity contribution in [3.8, 4) is 0 Å². The number of hydrogen-bond donors (Lipinski definition) is 1. The number of thioether (sulfide) groups is 1. The van der Waals surface area contributed by atoms with Crippen molar-refractivity contribution in [3.05, 3.63) is 0 Å². The predicted octanol–water partition coefficient (Wildman–Crippen LogP) is 1.49. The van der Waals surface area contributed by atoms with E-state index in [1.807, 2.05) is 11.8 Å². The van der Waals surface area contributed by atoms with Gasteiger partial charge in [0.25, 0.3) is 0 Å². The maximum Gasteiger partial charge on any atom is 0.0169 e. The van der Waals surface area contributed by atoms with Crippen LogP contribution in [-0.4, -0.2) is 24.6 Å². The molecule has 1 fully saturated rings. The molecule has 0 saturated carbocycles. The van der Waals surface area contributed by atoms with Crippen molar-refractivity contribution in [2.24, 2.45) is 0 Å². The van der Waals surface area contributed by atoms with E-state index in [0.717, 1.165) is 5.25 Å². The van der Waals surface area contributed by atoms with Crippen LogP contribution in [0.3, 0.4) is 0 Å². The summed E-state index contributed by atoms with van der Waals surface area (Å²) < 4.78 is 0. The molecule has 0 aromatic carbocycles. The molecule has 54 valence electrons. The minimum atomic E-state index is 0.882. The van der Waals surface area contributed by atoms with Gasteiger partial charge in [-0.3, -0.25) is 0 Å². The molecule has 0 aromatic heterocycles. The van der Waals surface area contributed by atoms with E-state index in [0.29, 0.717) is 0 Å². The van der Waals surface area contributed by atoms with Gasteiger partial charge < -0.3 is 5.32 Å². The van der Waals surface area contributed by atoms with E-state index in [-0.39, 0.29) is 0 Å². The third kappa shape index (κ3) is 2.59. The SMILES string of the molecule is CS[C@@H]1CCCCNC1. The Kier molecular flexibility index (Phi) is 3.44. The summed E-state index contributed by atoms with van der Waals surface area (Å²) in [6.07, 6.45) is 6.40. The first kappa shape index (κ1) is 7.42. The van der Waals surface area contributed by atoms with Crippen LogP contribution in [0, 0.1) is 0 Å². The first-order valence-electron chi connectivity index (χ1n) is 3.67. The molecule has 0 spiro atoms. The lowest BCUT2D eigenvalue weighted by Gasteiger charge is -2.08. The van der Waals surface area contributed by atoms with Crippen molar-refractivity contribution in [3.63, 3.8) is 0 Å². The van der Waals surface area contributed by atoms with Crippen LogP contribution in [0.15, 0.2) is 0 Å². The molecule has 0 unspecified atom stereocenters. The fourth-order valence-electron chi connectivity index (χ4n) is 1.19. The summed E-state index contributed by atoms with van der Waals surface area (Å²) in [5, 5.41) is 4.31. The highest BCUT2D eigenvalue weighted by molar-refractivity contribution is 7.99.